The van der Waals surface area contributed by atoms with Gasteiger partial charge in [0.05, 0.1) is 17.6 Å². The minimum atomic E-state index is -1.04. The molecule has 2 heterocycles. The van der Waals surface area contributed by atoms with Crippen LogP contribution >= 0.6 is 11.3 Å². The fraction of sp³-hybridized carbons (Fsp3) is 0.367. The van der Waals surface area contributed by atoms with E-state index in [2.05, 4.69) is 60.1 Å². The topological polar surface area (TPSA) is 38.1 Å². The van der Waals surface area contributed by atoms with Gasteiger partial charge in [0.2, 0.25) is 0 Å². The minimum Gasteiger partial charge on any atom is -0.380 e. The summed E-state index contributed by atoms with van der Waals surface area (Å²) in [6.45, 7) is 4.57. The summed E-state index contributed by atoms with van der Waals surface area (Å²) in [5, 5.41) is 21.6. The van der Waals surface area contributed by atoms with Gasteiger partial charge >= 0.3 is 0 Å². The predicted octanol–water partition coefficient (Wildman–Crippen LogP) is 7.23. The third-order valence-corrected chi connectivity index (χ3v) is 9.13. The molecular formula is C30H31FN2OS. The summed E-state index contributed by atoms with van der Waals surface area (Å²) in [7, 11) is 0. The molecule has 0 amide bonds. The molecule has 6 rings (SSSR count). The molecule has 3 aliphatic rings. The van der Waals surface area contributed by atoms with E-state index in [0.29, 0.717) is 5.92 Å². The van der Waals surface area contributed by atoms with Crippen molar-refractivity contribution in [2.45, 2.75) is 51.6 Å². The van der Waals surface area contributed by atoms with Crippen LogP contribution in [0.5, 0.6) is 0 Å². The highest BCUT2D eigenvalue weighted by Gasteiger charge is 2.54. The molecule has 3 aromatic rings. The van der Waals surface area contributed by atoms with E-state index < -0.39 is 5.60 Å². The van der Waals surface area contributed by atoms with Gasteiger partial charge in [0.25, 0.3) is 0 Å². The minimum absolute atomic E-state index is 0.0492. The summed E-state index contributed by atoms with van der Waals surface area (Å²) in [5.41, 5.74) is 5.32. The molecule has 35 heavy (non-hydrogen) atoms. The van der Waals surface area contributed by atoms with Crippen LogP contribution in [0.25, 0.3) is 11.8 Å². The first-order chi connectivity index (χ1) is 16.9. The Morgan fingerprint density at radius 1 is 1.23 bits per heavy atom. The number of aliphatic hydroxyl groups is 1. The first kappa shape index (κ1) is 22.7. The Kier molecular flexibility index (Phi) is 5.46. The summed E-state index contributed by atoms with van der Waals surface area (Å²) in [4.78, 5) is 0. The van der Waals surface area contributed by atoms with Gasteiger partial charge in [-0.05, 0) is 107 Å². The molecule has 1 fully saturated rings. The van der Waals surface area contributed by atoms with Crippen LogP contribution in [0.4, 0.5) is 4.39 Å². The Hall–Kier alpha value is -2.76. The van der Waals surface area contributed by atoms with E-state index in [4.69, 9.17) is 0 Å². The largest absolute Gasteiger partial charge is 0.380 e. The number of fused-ring (bicyclic) bond motifs is 2. The monoisotopic (exact) mass is 486 g/mol. The standard InChI is InChI=1S/C30H31FN2OS/c1-20-5-3-7-23(15-20)30(34,24-13-14-35-19-24)28-8-4-6-22-16-27-21(17-29(22,28)2)18-32-33(27)26-11-9-25(31)10-12-26/h3,7,9-16,18-20,28,34H,4-6,8,17H2,1-2H3/t20?,28-,29-,30?/m0/s1. The van der Waals surface area contributed by atoms with Gasteiger partial charge in [-0.3, -0.25) is 0 Å². The van der Waals surface area contributed by atoms with Crippen LogP contribution in [-0.2, 0) is 12.0 Å². The van der Waals surface area contributed by atoms with E-state index in [1.807, 2.05) is 10.9 Å². The van der Waals surface area contributed by atoms with Crippen molar-refractivity contribution in [3.05, 3.63) is 99.3 Å². The molecule has 4 atom stereocenters. The Morgan fingerprint density at radius 3 is 2.80 bits per heavy atom. The van der Waals surface area contributed by atoms with Crippen LogP contribution in [0.2, 0.25) is 0 Å². The van der Waals surface area contributed by atoms with Crippen molar-refractivity contribution in [3.8, 4) is 5.69 Å². The average molecular weight is 487 g/mol. The predicted molar refractivity (Wildman–Crippen MR) is 140 cm³/mol. The van der Waals surface area contributed by atoms with Crippen molar-refractivity contribution < 1.29 is 9.50 Å². The zero-order valence-corrected chi connectivity index (χ0v) is 21.1. The smallest absolute Gasteiger partial charge is 0.123 e. The highest BCUT2D eigenvalue weighted by atomic mass is 32.1. The van der Waals surface area contributed by atoms with E-state index in [9.17, 15) is 9.50 Å². The summed E-state index contributed by atoms with van der Waals surface area (Å²) in [6.07, 6.45) is 15.8. The third-order valence-electron chi connectivity index (χ3n) is 8.44. The normalized spacial score (nSPS) is 27.4. The second-order valence-electron chi connectivity index (χ2n) is 10.7. The van der Waals surface area contributed by atoms with Gasteiger partial charge in [-0.1, -0.05) is 37.6 Å². The average Bonchev–Trinajstić information content (AvgIpc) is 3.53. The lowest BCUT2D eigenvalue weighted by Gasteiger charge is -2.53. The first-order valence-electron chi connectivity index (χ1n) is 12.6. The zero-order valence-electron chi connectivity index (χ0n) is 20.2. The van der Waals surface area contributed by atoms with Crippen LogP contribution in [0.3, 0.4) is 0 Å². The molecular weight excluding hydrogens is 455 g/mol. The Labute approximate surface area is 210 Å². The second-order valence-corrected chi connectivity index (χ2v) is 11.4. The van der Waals surface area contributed by atoms with Gasteiger partial charge in [-0.15, -0.1) is 0 Å². The molecule has 2 unspecified atom stereocenters. The number of rotatable bonds is 4. The molecule has 3 nitrogen and oxygen atoms in total. The molecule has 0 spiro atoms. The van der Waals surface area contributed by atoms with Gasteiger partial charge in [0.1, 0.15) is 11.4 Å². The maximum atomic E-state index is 13.5. The number of halogens is 1. The maximum absolute atomic E-state index is 13.5. The highest BCUT2D eigenvalue weighted by Crippen LogP contribution is 2.59. The maximum Gasteiger partial charge on any atom is 0.123 e. The Bertz CT molecular complexity index is 1330. The van der Waals surface area contributed by atoms with Crippen LogP contribution in [0, 0.1) is 23.1 Å². The van der Waals surface area contributed by atoms with Gasteiger partial charge in [0, 0.05) is 5.92 Å². The van der Waals surface area contributed by atoms with Crippen molar-refractivity contribution in [2.24, 2.45) is 17.3 Å². The fourth-order valence-electron chi connectivity index (χ4n) is 6.64. The molecule has 5 heteroatoms. The summed E-state index contributed by atoms with van der Waals surface area (Å²) < 4.78 is 15.4. The SMILES string of the molecule is CC1C=C(C(O)(c2ccsc2)[C@H]2CCCC3=Cc4c(cnn4-c4ccc(F)cc4)C[C@@]32C)C=CC1. The van der Waals surface area contributed by atoms with Crippen LogP contribution in [-0.4, -0.2) is 14.9 Å². The van der Waals surface area contributed by atoms with Crippen molar-refractivity contribution >= 4 is 17.4 Å². The van der Waals surface area contributed by atoms with E-state index in [1.165, 1.54) is 23.3 Å². The molecule has 1 saturated carbocycles. The summed E-state index contributed by atoms with van der Waals surface area (Å²) in [5.74, 6) is 0.218. The van der Waals surface area contributed by atoms with Crippen LogP contribution in [0.15, 0.2) is 76.7 Å². The van der Waals surface area contributed by atoms with Crippen LogP contribution < -0.4 is 0 Å². The molecule has 0 bridgehead atoms. The van der Waals surface area contributed by atoms with Gasteiger partial charge in [0.15, 0.2) is 0 Å². The Morgan fingerprint density at radius 2 is 2.06 bits per heavy atom. The quantitative estimate of drug-likeness (QED) is 0.422. The van der Waals surface area contributed by atoms with E-state index in [1.54, 1.807) is 23.5 Å². The van der Waals surface area contributed by atoms with Gasteiger partial charge in [-0.2, -0.15) is 16.4 Å². The number of nitrogens with zero attached hydrogens (tertiary/aromatic N) is 2. The lowest BCUT2D eigenvalue weighted by Crippen LogP contribution is -2.50. The van der Waals surface area contributed by atoms with E-state index in [0.717, 1.165) is 54.6 Å². The summed E-state index contributed by atoms with van der Waals surface area (Å²) >= 11 is 1.65. The lowest BCUT2D eigenvalue weighted by atomic mass is 9.53. The highest BCUT2D eigenvalue weighted by molar-refractivity contribution is 7.08. The van der Waals surface area contributed by atoms with Gasteiger partial charge < -0.3 is 5.11 Å². The van der Waals surface area contributed by atoms with E-state index >= 15 is 0 Å². The Balaban J connectivity index is 1.46. The summed E-state index contributed by atoms with van der Waals surface area (Å²) in [6, 6.07) is 8.61. The fourth-order valence-corrected chi connectivity index (χ4v) is 7.35. The number of aromatic nitrogens is 2. The number of hydrogen-bond acceptors (Lipinski definition) is 3. The number of benzene rings is 1. The van der Waals surface area contributed by atoms with Crippen molar-refractivity contribution in [2.75, 3.05) is 0 Å². The van der Waals surface area contributed by atoms with Crippen LogP contribution in [0.1, 0.15) is 56.4 Å². The first-order valence-corrected chi connectivity index (χ1v) is 13.5. The molecule has 3 aliphatic carbocycles. The lowest BCUT2D eigenvalue weighted by molar-refractivity contribution is -0.0492. The number of thiophene rings is 1. The molecule has 2 aromatic heterocycles. The van der Waals surface area contributed by atoms with Gasteiger partial charge in [-0.25, -0.2) is 9.07 Å². The second kappa shape index (κ2) is 8.42. The van der Waals surface area contributed by atoms with Crippen molar-refractivity contribution in [1.29, 1.82) is 0 Å². The molecule has 1 N–H and O–H groups in total. The van der Waals surface area contributed by atoms with E-state index in [-0.39, 0.29) is 17.2 Å². The third kappa shape index (κ3) is 3.59. The zero-order chi connectivity index (χ0) is 24.2. The molecule has 0 saturated heterocycles. The number of hydrogen-bond donors (Lipinski definition) is 1. The molecule has 0 aliphatic heterocycles. The molecule has 180 valence electrons. The van der Waals surface area contributed by atoms with Crippen molar-refractivity contribution in [3.63, 3.8) is 0 Å². The number of allylic oxidation sites excluding steroid dienone is 3. The molecule has 0 radical (unpaired) electrons. The molecule has 1 aromatic carbocycles. The van der Waals surface area contributed by atoms with Crippen molar-refractivity contribution in [1.82, 2.24) is 9.78 Å².